The molecule has 4 aliphatic rings. The second kappa shape index (κ2) is 10.8. The zero-order valence-corrected chi connectivity index (χ0v) is 28.0. The van der Waals surface area contributed by atoms with Gasteiger partial charge in [0, 0.05) is 32.3 Å². The van der Waals surface area contributed by atoms with Crippen molar-refractivity contribution in [3.05, 3.63) is 0 Å². The van der Waals surface area contributed by atoms with Crippen LogP contribution >= 0.6 is 0 Å². The number of hydrogen-bond donors (Lipinski definition) is 1. The van der Waals surface area contributed by atoms with E-state index in [0.717, 1.165) is 64.2 Å². The highest BCUT2D eigenvalue weighted by Gasteiger charge is 2.72. The average Bonchev–Trinajstić information content (AvgIpc) is 3.22. The molecule has 1 N–H and O–H groups in total. The second-order valence-electron chi connectivity index (χ2n) is 16.7. The molecule has 4 rings (SSSR count). The van der Waals surface area contributed by atoms with Crippen molar-refractivity contribution in [2.24, 2.45) is 45.3 Å². The van der Waals surface area contributed by atoms with E-state index in [4.69, 9.17) is 14.2 Å². The lowest BCUT2D eigenvalue weighted by Gasteiger charge is -2.70. The molecule has 0 amide bonds. The van der Waals surface area contributed by atoms with Gasteiger partial charge in [-0.05, 0) is 119 Å². The van der Waals surface area contributed by atoms with E-state index in [2.05, 4.69) is 48.5 Å². The third-order valence-electron chi connectivity index (χ3n) is 13.7. The zero-order valence-electron chi connectivity index (χ0n) is 28.0. The fourth-order valence-corrected chi connectivity index (χ4v) is 11.3. The van der Waals surface area contributed by atoms with Crippen molar-refractivity contribution in [3.8, 4) is 0 Å². The van der Waals surface area contributed by atoms with E-state index in [1.165, 1.54) is 6.92 Å². The van der Waals surface area contributed by atoms with Crippen molar-refractivity contribution >= 4 is 11.9 Å². The first-order chi connectivity index (χ1) is 18.7. The van der Waals surface area contributed by atoms with Crippen LogP contribution in [0.2, 0.25) is 0 Å². The molecule has 0 unspecified atom stereocenters. The Morgan fingerprint density at radius 3 is 2.02 bits per heavy atom. The minimum atomic E-state index is -0.834. The molecule has 4 aliphatic carbocycles. The maximum Gasteiger partial charge on any atom is 0.302 e. The van der Waals surface area contributed by atoms with Crippen molar-refractivity contribution in [1.82, 2.24) is 0 Å². The topological polar surface area (TPSA) is 82.1 Å². The van der Waals surface area contributed by atoms with Gasteiger partial charge in [-0.1, -0.05) is 34.6 Å². The molecule has 0 aliphatic heterocycles. The first-order valence-electron chi connectivity index (χ1n) is 16.4. The predicted octanol–water partition coefficient (Wildman–Crippen LogP) is 7.49. The van der Waals surface area contributed by atoms with Crippen LogP contribution in [0.1, 0.15) is 133 Å². The lowest BCUT2D eigenvalue weighted by atomic mass is 9.35. The van der Waals surface area contributed by atoms with Gasteiger partial charge in [0.1, 0.15) is 12.2 Å². The molecular formula is C35H60O6. The van der Waals surface area contributed by atoms with Crippen molar-refractivity contribution in [3.63, 3.8) is 0 Å². The van der Waals surface area contributed by atoms with Crippen LogP contribution in [0.3, 0.4) is 0 Å². The summed E-state index contributed by atoms with van der Waals surface area (Å²) in [6, 6.07) is 0. The molecule has 236 valence electrons. The van der Waals surface area contributed by atoms with Crippen molar-refractivity contribution in [2.45, 2.75) is 157 Å². The highest BCUT2D eigenvalue weighted by Crippen LogP contribution is 2.76. The summed E-state index contributed by atoms with van der Waals surface area (Å²) >= 11 is 0. The summed E-state index contributed by atoms with van der Waals surface area (Å²) in [5.41, 5.74) is -1.06. The standard InChI is InChI=1S/C35H60O6/c1-22(36)40-25-21-27-32(7)18-15-28(41-23(2)37)31(5,6)26(32)14-20-33(27,8)34(9)19-13-24(29(25)34)35(10,38)17-12-16-30(3,4)39-11/h24-29,38H,12-21H2,1-11H3/t24-,25+,26-,27+,28-,29-,32-,33+,34+,35-/m0/s1. The third-order valence-corrected chi connectivity index (χ3v) is 13.7. The minimum Gasteiger partial charge on any atom is -0.462 e. The summed E-state index contributed by atoms with van der Waals surface area (Å²) in [6.07, 6.45) is 9.22. The summed E-state index contributed by atoms with van der Waals surface area (Å²) in [4.78, 5) is 24.6. The van der Waals surface area contributed by atoms with Gasteiger partial charge < -0.3 is 19.3 Å². The summed E-state index contributed by atoms with van der Waals surface area (Å²) in [5.74, 6) is 0.622. The van der Waals surface area contributed by atoms with Gasteiger partial charge in [-0.25, -0.2) is 0 Å². The monoisotopic (exact) mass is 576 g/mol. The first-order valence-corrected chi connectivity index (χ1v) is 16.4. The summed E-state index contributed by atoms with van der Waals surface area (Å²) in [6.45, 7) is 21.4. The van der Waals surface area contributed by atoms with Gasteiger partial charge in [-0.3, -0.25) is 9.59 Å². The van der Waals surface area contributed by atoms with Crippen LogP contribution in [-0.4, -0.2) is 47.6 Å². The van der Waals surface area contributed by atoms with E-state index >= 15 is 0 Å². The number of ether oxygens (including phenoxy) is 3. The Hall–Kier alpha value is -1.14. The van der Waals surface area contributed by atoms with Crippen LogP contribution in [0.4, 0.5) is 0 Å². The van der Waals surface area contributed by atoms with Gasteiger partial charge in [-0.2, -0.15) is 0 Å². The van der Waals surface area contributed by atoms with Crippen molar-refractivity contribution in [1.29, 1.82) is 0 Å². The molecule has 0 aromatic rings. The van der Waals surface area contributed by atoms with Crippen LogP contribution in [0.15, 0.2) is 0 Å². The number of esters is 2. The first kappa shape index (κ1) is 32.8. The Kier molecular flexibility index (Phi) is 8.62. The Balaban J connectivity index is 1.68. The fraction of sp³-hybridized carbons (Fsp3) is 0.943. The van der Waals surface area contributed by atoms with Crippen molar-refractivity contribution in [2.75, 3.05) is 7.11 Å². The van der Waals surface area contributed by atoms with E-state index in [-0.39, 0.29) is 63.2 Å². The summed E-state index contributed by atoms with van der Waals surface area (Å²) < 4.78 is 17.8. The third kappa shape index (κ3) is 5.40. The maximum absolute atomic E-state index is 12.6. The number of fused-ring (bicyclic) bond motifs is 5. The van der Waals surface area contributed by atoms with Gasteiger partial charge in [0.15, 0.2) is 0 Å². The SMILES string of the molecule is COC(C)(C)CCC[C@](C)(O)[C@H]1CC[C@]2(C)[C@@H]1[C@H](OC(C)=O)C[C@@H]1[C@@]3(C)CC[C@H](OC(C)=O)C(C)(C)[C@@H]3CC[C@]12C. The van der Waals surface area contributed by atoms with Gasteiger partial charge in [0.2, 0.25) is 0 Å². The van der Waals surface area contributed by atoms with Crippen LogP contribution in [0, 0.1) is 45.3 Å². The molecule has 0 saturated heterocycles. The van der Waals surface area contributed by atoms with Gasteiger partial charge in [0.25, 0.3) is 0 Å². The number of aliphatic hydroxyl groups is 1. The van der Waals surface area contributed by atoms with Crippen LogP contribution in [0.5, 0.6) is 0 Å². The number of carbonyl (C=O) groups is 2. The minimum absolute atomic E-state index is 0.0403. The fourth-order valence-electron chi connectivity index (χ4n) is 11.3. The van der Waals surface area contributed by atoms with Gasteiger partial charge in [-0.15, -0.1) is 0 Å². The molecule has 0 radical (unpaired) electrons. The second-order valence-corrected chi connectivity index (χ2v) is 16.7. The maximum atomic E-state index is 12.6. The average molecular weight is 577 g/mol. The number of methoxy groups -OCH3 is 1. The van der Waals surface area contributed by atoms with Crippen LogP contribution in [0.25, 0.3) is 0 Å². The van der Waals surface area contributed by atoms with Gasteiger partial charge >= 0.3 is 11.9 Å². The van der Waals surface area contributed by atoms with Crippen LogP contribution in [-0.2, 0) is 23.8 Å². The molecule has 6 heteroatoms. The summed E-state index contributed by atoms with van der Waals surface area (Å²) in [7, 11) is 1.75. The molecule has 0 heterocycles. The summed E-state index contributed by atoms with van der Waals surface area (Å²) in [5, 5.41) is 12.1. The number of rotatable bonds is 8. The largest absolute Gasteiger partial charge is 0.462 e. The Labute approximate surface area is 250 Å². The highest BCUT2D eigenvalue weighted by atomic mass is 16.5. The Morgan fingerprint density at radius 1 is 0.829 bits per heavy atom. The van der Waals surface area contributed by atoms with Crippen LogP contribution < -0.4 is 0 Å². The predicted molar refractivity (Wildman–Crippen MR) is 161 cm³/mol. The lowest BCUT2D eigenvalue weighted by Crippen LogP contribution is -2.67. The van der Waals surface area contributed by atoms with E-state index in [1.807, 2.05) is 6.92 Å². The van der Waals surface area contributed by atoms with Crippen molar-refractivity contribution < 1.29 is 28.9 Å². The normalized spacial score (nSPS) is 43.2. The molecule has 6 nitrogen and oxygen atoms in total. The smallest absolute Gasteiger partial charge is 0.302 e. The lowest BCUT2D eigenvalue weighted by molar-refractivity contribution is -0.252. The van der Waals surface area contributed by atoms with E-state index in [1.54, 1.807) is 14.0 Å². The molecule has 0 bridgehead atoms. The molecule has 0 aromatic carbocycles. The molecule has 4 fully saturated rings. The van der Waals surface area contributed by atoms with Gasteiger partial charge in [0.05, 0.1) is 11.2 Å². The van der Waals surface area contributed by atoms with E-state index < -0.39 is 5.60 Å². The molecule has 0 spiro atoms. The molecular weight excluding hydrogens is 516 g/mol. The zero-order chi connectivity index (χ0) is 30.8. The molecule has 0 aromatic heterocycles. The molecule has 4 saturated carbocycles. The molecule has 10 atom stereocenters. The van der Waals surface area contributed by atoms with E-state index in [0.29, 0.717) is 11.8 Å². The highest BCUT2D eigenvalue weighted by molar-refractivity contribution is 5.66. The Bertz CT molecular complexity index is 1000. The number of hydrogen-bond acceptors (Lipinski definition) is 6. The molecule has 41 heavy (non-hydrogen) atoms. The quantitative estimate of drug-likeness (QED) is 0.302. The Morgan fingerprint density at radius 2 is 1.44 bits per heavy atom. The number of carbonyl (C=O) groups excluding carboxylic acids is 2. The van der Waals surface area contributed by atoms with E-state index in [9.17, 15) is 14.7 Å².